The number of fused-ring (bicyclic) bond motifs is 1. The Morgan fingerprint density at radius 3 is 2.61 bits per heavy atom. The second-order valence-corrected chi connectivity index (χ2v) is 7.30. The highest BCUT2D eigenvalue weighted by Gasteiger charge is 2.20. The predicted octanol–water partition coefficient (Wildman–Crippen LogP) is 4.22. The molecule has 28 heavy (non-hydrogen) atoms. The van der Waals surface area contributed by atoms with Gasteiger partial charge in [0.1, 0.15) is 17.3 Å². The quantitative estimate of drug-likeness (QED) is 0.748. The topological polar surface area (TPSA) is 58.1 Å². The number of hydrogen-bond acceptors (Lipinski definition) is 4. The maximum atomic E-state index is 12.8. The van der Waals surface area contributed by atoms with Gasteiger partial charge in [-0.05, 0) is 55.5 Å². The molecule has 2 heterocycles. The molecule has 5 nitrogen and oxygen atoms in total. The van der Waals surface area contributed by atoms with Crippen LogP contribution in [0.4, 0.5) is 11.5 Å². The van der Waals surface area contributed by atoms with Gasteiger partial charge in [0.05, 0.1) is 0 Å². The van der Waals surface area contributed by atoms with Gasteiger partial charge >= 0.3 is 0 Å². The summed E-state index contributed by atoms with van der Waals surface area (Å²) in [6.07, 6.45) is 0.975. The van der Waals surface area contributed by atoms with Crippen molar-refractivity contribution in [2.24, 2.45) is 0 Å². The van der Waals surface area contributed by atoms with Crippen LogP contribution in [0.1, 0.15) is 38.6 Å². The Hall–Kier alpha value is -3.21. The summed E-state index contributed by atoms with van der Waals surface area (Å²) >= 11 is 0. The molecule has 1 aliphatic rings. The molecule has 0 spiro atoms. The van der Waals surface area contributed by atoms with E-state index in [1.807, 2.05) is 39.0 Å². The van der Waals surface area contributed by atoms with Crippen LogP contribution in [-0.2, 0) is 13.0 Å². The van der Waals surface area contributed by atoms with Crippen molar-refractivity contribution in [3.05, 3.63) is 82.3 Å². The summed E-state index contributed by atoms with van der Waals surface area (Å²) in [5.41, 5.74) is 6.11. The van der Waals surface area contributed by atoms with Gasteiger partial charge in [-0.2, -0.15) is 0 Å². The number of nitrogens with one attached hydrogen (secondary N) is 1. The fraction of sp³-hybridized carbons (Fsp3) is 0.261. The summed E-state index contributed by atoms with van der Waals surface area (Å²) in [4.78, 5) is 24.0. The molecule has 1 aliphatic heterocycles. The third kappa shape index (κ3) is 3.60. The molecule has 3 aromatic rings. The fourth-order valence-electron chi connectivity index (χ4n) is 3.59. The van der Waals surface area contributed by atoms with E-state index in [0.717, 1.165) is 42.1 Å². The molecule has 1 amide bonds. The highest BCUT2D eigenvalue weighted by molar-refractivity contribution is 6.03. The lowest BCUT2D eigenvalue weighted by molar-refractivity contribution is 0.102. The van der Waals surface area contributed by atoms with E-state index in [1.54, 1.807) is 6.07 Å². The molecule has 0 aliphatic carbocycles. The lowest BCUT2D eigenvalue weighted by atomic mass is 10.00. The minimum atomic E-state index is -0.210. The van der Waals surface area contributed by atoms with E-state index in [-0.39, 0.29) is 5.91 Å². The molecule has 1 N–H and O–H groups in total. The molecular formula is C23H24N4O. The summed E-state index contributed by atoms with van der Waals surface area (Å²) in [5, 5.41) is 2.99. The second-order valence-electron chi connectivity index (χ2n) is 7.30. The molecular weight excluding hydrogens is 348 g/mol. The van der Waals surface area contributed by atoms with Gasteiger partial charge in [-0.1, -0.05) is 36.4 Å². The molecule has 5 heteroatoms. The zero-order valence-corrected chi connectivity index (χ0v) is 16.5. The zero-order chi connectivity index (χ0) is 19.7. The van der Waals surface area contributed by atoms with Gasteiger partial charge in [-0.3, -0.25) is 4.79 Å². The molecule has 0 bridgehead atoms. The molecule has 0 unspecified atom stereocenters. The van der Waals surface area contributed by atoms with Crippen molar-refractivity contribution >= 4 is 17.4 Å². The van der Waals surface area contributed by atoms with Gasteiger partial charge in [-0.15, -0.1) is 0 Å². The third-order valence-electron chi connectivity index (χ3n) is 5.36. The number of carbonyl (C=O) groups is 1. The average Bonchev–Trinajstić information content (AvgIpc) is 2.70. The molecule has 2 aromatic carbocycles. The van der Waals surface area contributed by atoms with Crippen LogP contribution in [0.5, 0.6) is 0 Å². The molecule has 0 saturated carbocycles. The number of aromatic nitrogens is 2. The minimum absolute atomic E-state index is 0.210. The minimum Gasteiger partial charge on any atom is -0.352 e. The van der Waals surface area contributed by atoms with Crippen molar-refractivity contribution in [3.63, 3.8) is 0 Å². The van der Waals surface area contributed by atoms with Gasteiger partial charge in [0.15, 0.2) is 0 Å². The van der Waals surface area contributed by atoms with E-state index < -0.39 is 0 Å². The Balaban J connectivity index is 1.59. The lowest BCUT2D eigenvalue weighted by Crippen LogP contribution is -2.31. The summed E-state index contributed by atoms with van der Waals surface area (Å²) in [6.45, 7) is 7.55. The van der Waals surface area contributed by atoms with E-state index in [0.29, 0.717) is 11.5 Å². The van der Waals surface area contributed by atoms with Crippen molar-refractivity contribution in [3.8, 4) is 0 Å². The zero-order valence-electron chi connectivity index (χ0n) is 16.5. The normalized spacial score (nSPS) is 13.2. The number of benzene rings is 2. The summed E-state index contributed by atoms with van der Waals surface area (Å²) in [7, 11) is 0. The first-order valence-electron chi connectivity index (χ1n) is 9.56. The number of carbonyl (C=O) groups excluding carboxylic acids is 1. The smallest absolute Gasteiger partial charge is 0.274 e. The van der Waals surface area contributed by atoms with Crippen molar-refractivity contribution < 1.29 is 4.79 Å². The molecule has 0 fully saturated rings. The Morgan fingerprint density at radius 2 is 1.79 bits per heavy atom. The first-order valence-corrected chi connectivity index (χ1v) is 9.56. The van der Waals surface area contributed by atoms with Crippen LogP contribution >= 0.6 is 0 Å². The van der Waals surface area contributed by atoms with E-state index in [4.69, 9.17) is 0 Å². The van der Waals surface area contributed by atoms with Crippen molar-refractivity contribution in [1.82, 2.24) is 9.97 Å². The molecule has 4 rings (SSSR count). The van der Waals surface area contributed by atoms with Gasteiger partial charge in [0, 0.05) is 24.8 Å². The van der Waals surface area contributed by atoms with Gasteiger partial charge in [-0.25, -0.2) is 9.97 Å². The number of hydrogen-bond donors (Lipinski definition) is 1. The maximum absolute atomic E-state index is 12.8. The first-order chi connectivity index (χ1) is 13.5. The van der Waals surface area contributed by atoms with Gasteiger partial charge in [0.2, 0.25) is 0 Å². The Labute approximate surface area is 165 Å². The molecule has 0 saturated heterocycles. The van der Waals surface area contributed by atoms with Crippen LogP contribution in [0.3, 0.4) is 0 Å². The van der Waals surface area contributed by atoms with Crippen LogP contribution in [0.2, 0.25) is 0 Å². The van der Waals surface area contributed by atoms with E-state index in [2.05, 4.69) is 44.5 Å². The van der Waals surface area contributed by atoms with E-state index in [1.165, 1.54) is 11.1 Å². The molecule has 142 valence electrons. The van der Waals surface area contributed by atoms with Crippen LogP contribution in [0, 0.1) is 20.8 Å². The number of rotatable bonds is 3. The van der Waals surface area contributed by atoms with Crippen LogP contribution in [0.15, 0.2) is 48.5 Å². The summed E-state index contributed by atoms with van der Waals surface area (Å²) in [5.74, 6) is 1.19. The Morgan fingerprint density at radius 1 is 1.00 bits per heavy atom. The Bertz CT molecular complexity index is 1040. The van der Waals surface area contributed by atoms with Crippen molar-refractivity contribution in [1.29, 1.82) is 0 Å². The standard InChI is InChI=1S/C23H24N4O/c1-15-7-6-10-20(16(15)2)26-23(28)21-13-22(25-17(3)24-21)27-12-11-18-8-4-5-9-19(18)14-27/h4-10,13H,11-12,14H2,1-3H3,(H,26,28). The SMILES string of the molecule is Cc1nc(C(=O)Nc2cccc(C)c2C)cc(N2CCc3ccccc3C2)n1. The average molecular weight is 372 g/mol. The van der Waals surface area contributed by atoms with Crippen molar-refractivity contribution in [2.75, 3.05) is 16.8 Å². The molecule has 0 radical (unpaired) electrons. The van der Waals surface area contributed by atoms with Crippen LogP contribution in [-0.4, -0.2) is 22.4 Å². The maximum Gasteiger partial charge on any atom is 0.274 e. The van der Waals surface area contributed by atoms with E-state index >= 15 is 0 Å². The van der Waals surface area contributed by atoms with Gasteiger partial charge < -0.3 is 10.2 Å². The second kappa shape index (κ2) is 7.43. The number of nitrogens with zero attached hydrogens (tertiary/aromatic N) is 3. The van der Waals surface area contributed by atoms with Gasteiger partial charge in [0.25, 0.3) is 5.91 Å². The Kier molecular flexibility index (Phi) is 4.82. The fourth-order valence-corrected chi connectivity index (χ4v) is 3.59. The van der Waals surface area contributed by atoms with Crippen LogP contribution < -0.4 is 10.2 Å². The first kappa shape index (κ1) is 18.2. The van der Waals surface area contributed by atoms with E-state index in [9.17, 15) is 4.79 Å². The highest BCUT2D eigenvalue weighted by atomic mass is 16.1. The molecule has 0 atom stereocenters. The number of amides is 1. The number of aryl methyl sites for hydroxylation is 2. The van der Waals surface area contributed by atoms with Crippen molar-refractivity contribution in [2.45, 2.75) is 33.7 Å². The third-order valence-corrected chi connectivity index (χ3v) is 5.36. The highest BCUT2D eigenvalue weighted by Crippen LogP contribution is 2.24. The summed E-state index contributed by atoms with van der Waals surface area (Å²) in [6, 6.07) is 16.2. The predicted molar refractivity (Wildman–Crippen MR) is 112 cm³/mol. The largest absolute Gasteiger partial charge is 0.352 e. The monoisotopic (exact) mass is 372 g/mol. The number of anilines is 2. The van der Waals surface area contributed by atoms with Crippen LogP contribution in [0.25, 0.3) is 0 Å². The molecule has 1 aromatic heterocycles. The lowest BCUT2D eigenvalue weighted by Gasteiger charge is -2.30. The summed E-state index contributed by atoms with van der Waals surface area (Å²) < 4.78 is 0.